The van der Waals surface area contributed by atoms with Crippen LogP contribution in [-0.4, -0.2) is 22.9 Å². The van der Waals surface area contributed by atoms with Gasteiger partial charge in [0.15, 0.2) is 11.4 Å². The molecule has 0 aliphatic heterocycles. The first-order chi connectivity index (χ1) is 11.6. The number of rotatable bonds is 2. The molecular weight excluding hydrogens is 302 g/mol. The fraction of sp³-hybridized carbons (Fsp3) is 0.105. The Morgan fingerprint density at radius 3 is 2.50 bits per heavy atom. The van der Waals surface area contributed by atoms with Gasteiger partial charge in [-0.3, -0.25) is 4.79 Å². The van der Waals surface area contributed by atoms with Gasteiger partial charge < -0.3 is 10.5 Å². The minimum Gasteiger partial charge on any atom is -0.497 e. The second kappa shape index (κ2) is 5.16. The number of benzene rings is 2. The molecule has 0 saturated heterocycles. The number of nitrogen functional groups attached to an aromatic ring is 1. The molecule has 2 aromatic carbocycles. The van der Waals surface area contributed by atoms with E-state index in [0.29, 0.717) is 16.9 Å². The maximum absolute atomic E-state index is 11.6. The number of hydrogen-bond donors (Lipinski definition) is 1. The van der Waals surface area contributed by atoms with E-state index in [9.17, 15) is 4.79 Å². The molecule has 0 fully saturated rings. The Labute approximate surface area is 138 Å². The molecule has 0 radical (unpaired) electrons. The molecule has 2 aromatic heterocycles. The first kappa shape index (κ1) is 14.4. The van der Waals surface area contributed by atoms with Gasteiger partial charge in [-0.25, -0.2) is 9.97 Å². The minimum absolute atomic E-state index is 0.00207. The highest BCUT2D eigenvalue weighted by molar-refractivity contribution is 6.10. The summed E-state index contributed by atoms with van der Waals surface area (Å²) in [5.41, 5.74) is 9.70. The molecule has 0 aliphatic rings. The molecule has 2 heterocycles. The van der Waals surface area contributed by atoms with Crippen LogP contribution < -0.4 is 10.5 Å². The zero-order chi connectivity index (χ0) is 16.8. The van der Waals surface area contributed by atoms with Gasteiger partial charge >= 0.3 is 0 Å². The molecular formula is C19H15N3O2. The van der Waals surface area contributed by atoms with Crippen molar-refractivity contribution in [1.82, 2.24) is 9.97 Å². The molecule has 24 heavy (non-hydrogen) atoms. The first-order valence-electron chi connectivity index (χ1n) is 7.55. The Kier molecular flexibility index (Phi) is 3.09. The predicted molar refractivity (Wildman–Crippen MR) is 95.5 cm³/mol. The summed E-state index contributed by atoms with van der Waals surface area (Å²) in [7, 11) is 1.63. The molecule has 5 heteroatoms. The average molecular weight is 317 g/mol. The number of ketones is 1. The van der Waals surface area contributed by atoms with Crippen LogP contribution in [-0.2, 0) is 0 Å². The number of pyridine rings is 2. The van der Waals surface area contributed by atoms with Crippen LogP contribution in [0.3, 0.4) is 0 Å². The largest absolute Gasteiger partial charge is 0.497 e. The minimum atomic E-state index is -0.00207. The Morgan fingerprint density at radius 2 is 1.75 bits per heavy atom. The van der Waals surface area contributed by atoms with Crippen molar-refractivity contribution in [1.29, 1.82) is 0 Å². The van der Waals surface area contributed by atoms with Crippen molar-refractivity contribution in [2.45, 2.75) is 6.92 Å². The number of nitrogens with two attached hydrogens (primary N) is 1. The van der Waals surface area contributed by atoms with Gasteiger partial charge in [-0.1, -0.05) is 0 Å². The normalized spacial score (nSPS) is 11.2. The molecule has 0 bridgehead atoms. The summed E-state index contributed by atoms with van der Waals surface area (Å²) < 4.78 is 5.26. The van der Waals surface area contributed by atoms with Gasteiger partial charge in [0.1, 0.15) is 5.75 Å². The van der Waals surface area contributed by atoms with Crippen LogP contribution in [0.2, 0.25) is 0 Å². The van der Waals surface area contributed by atoms with E-state index in [0.717, 1.165) is 32.9 Å². The zero-order valence-electron chi connectivity index (χ0n) is 13.3. The van der Waals surface area contributed by atoms with Crippen molar-refractivity contribution in [3.63, 3.8) is 0 Å². The number of fused-ring (bicyclic) bond motifs is 3. The fourth-order valence-electron chi connectivity index (χ4n) is 2.88. The van der Waals surface area contributed by atoms with Crippen LogP contribution in [0, 0.1) is 0 Å². The van der Waals surface area contributed by atoms with Crippen molar-refractivity contribution >= 4 is 44.3 Å². The number of Topliss-reactive ketones (excluding diaryl/α,β-unsaturated/α-hetero) is 1. The van der Waals surface area contributed by atoms with Crippen LogP contribution in [0.15, 0.2) is 42.5 Å². The summed E-state index contributed by atoms with van der Waals surface area (Å²) in [6.07, 6.45) is 0. The van der Waals surface area contributed by atoms with Gasteiger partial charge in [0.2, 0.25) is 0 Å². The van der Waals surface area contributed by atoms with Gasteiger partial charge in [0, 0.05) is 21.7 Å². The third kappa shape index (κ3) is 2.13. The molecule has 4 aromatic rings. The maximum atomic E-state index is 11.6. The lowest BCUT2D eigenvalue weighted by Gasteiger charge is -2.09. The van der Waals surface area contributed by atoms with E-state index in [1.807, 2.05) is 30.3 Å². The molecule has 5 nitrogen and oxygen atoms in total. The summed E-state index contributed by atoms with van der Waals surface area (Å²) in [5.74, 6) is 0.757. The molecule has 0 unspecified atom stereocenters. The number of nitrogens with zero attached hydrogens (tertiary/aromatic N) is 2. The van der Waals surface area contributed by atoms with Gasteiger partial charge in [0.25, 0.3) is 0 Å². The van der Waals surface area contributed by atoms with E-state index in [-0.39, 0.29) is 5.78 Å². The van der Waals surface area contributed by atoms with Crippen LogP contribution >= 0.6 is 0 Å². The van der Waals surface area contributed by atoms with Crippen LogP contribution in [0.4, 0.5) is 5.69 Å². The number of anilines is 1. The standard InChI is InChI=1S/C19H15N3O2/c1-10(23)11-3-5-17-14(8-11)18(20)15-9-12-7-13(24-2)4-6-16(12)21-19(15)22-17/h3-9H,1-2H3,(H2,20,21,22). The van der Waals surface area contributed by atoms with Gasteiger partial charge in [-0.15, -0.1) is 0 Å². The zero-order valence-corrected chi connectivity index (χ0v) is 13.3. The van der Waals surface area contributed by atoms with Crippen molar-refractivity contribution < 1.29 is 9.53 Å². The number of aromatic nitrogens is 2. The number of carbonyl (C=O) groups excluding carboxylic acids is 1. The lowest BCUT2D eigenvalue weighted by atomic mass is 10.0. The summed E-state index contributed by atoms with van der Waals surface area (Å²) >= 11 is 0. The third-order valence-corrected chi connectivity index (χ3v) is 4.21. The van der Waals surface area contributed by atoms with Crippen molar-refractivity contribution in [2.75, 3.05) is 12.8 Å². The smallest absolute Gasteiger partial charge is 0.162 e. The molecule has 0 atom stereocenters. The first-order valence-corrected chi connectivity index (χ1v) is 7.55. The van der Waals surface area contributed by atoms with E-state index >= 15 is 0 Å². The monoisotopic (exact) mass is 317 g/mol. The van der Waals surface area contributed by atoms with Gasteiger partial charge in [0.05, 0.1) is 23.8 Å². The Morgan fingerprint density at radius 1 is 1.00 bits per heavy atom. The lowest BCUT2D eigenvalue weighted by Crippen LogP contribution is -1.98. The molecule has 2 N–H and O–H groups in total. The molecule has 118 valence electrons. The van der Waals surface area contributed by atoms with Crippen molar-refractivity contribution in [3.8, 4) is 5.75 Å². The molecule has 0 spiro atoms. The van der Waals surface area contributed by atoms with E-state index < -0.39 is 0 Å². The number of methoxy groups -OCH3 is 1. The fourth-order valence-corrected chi connectivity index (χ4v) is 2.88. The van der Waals surface area contributed by atoms with Crippen LogP contribution in [0.1, 0.15) is 17.3 Å². The number of carbonyl (C=O) groups is 1. The molecule has 0 aliphatic carbocycles. The number of ether oxygens (including phenoxy) is 1. The highest BCUT2D eigenvalue weighted by Gasteiger charge is 2.11. The maximum Gasteiger partial charge on any atom is 0.162 e. The van der Waals surface area contributed by atoms with E-state index in [1.165, 1.54) is 6.92 Å². The average Bonchev–Trinajstić information content (AvgIpc) is 2.59. The number of hydrogen-bond acceptors (Lipinski definition) is 5. The SMILES string of the molecule is COc1ccc2nc3nc4ccc(C(C)=O)cc4c(N)c3cc2c1. The van der Waals surface area contributed by atoms with Crippen molar-refractivity contribution in [2.24, 2.45) is 0 Å². The van der Waals surface area contributed by atoms with E-state index in [2.05, 4.69) is 9.97 Å². The summed E-state index contributed by atoms with van der Waals surface area (Å²) in [6, 6.07) is 13.0. The van der Waals surface area contributed by atoms with Crippen LogP contribution in [0.5, 0.6) is 5.75 Å². The topological polar surface area (TPSA) is 78.1 Å². The second-order valence-corrected chi connectivity index (χ2v) is 5.73. The Balaban J connectivity index is 2.09. The quantitative estimate of drug-likeness (QED) is 0.450. The van der Waals surface area contributed by atoms with E-state index in [4.69, 9.17) is 10.5 Å². The molecule has 4 rings (SSSR count). The summed E-state index contributed by atoms with van der Waals surface area (Å²) in [5, 5.41) is 2.46. The van der Waals surface area contributed by atoms with Gasteiger partial charge in [-0.2, -0.15) is 0 Å². The summed E-state index contributed by atoms with van der Waals surface area (Å²) in [6.45, 7) is 1.53. The highest BCUT2D eigenvalue weighted by atomic mass is 16.5. The van der Waals surface area contributed by atoms with Crippen LogP contribution in [0.25, 0.3) is 32.8 Å². The summed E-state index contributed by atoms with van der Waals surface area (Å²) in [4.78, 5) is 20.8. The molecule has 0 amide bonds. The second-order valence-electron chi connectivity index (χ2n) is 5.73. The predicted octanol–water partition coefficient (Wildman–Crippen LogP) is 3.73. The molecule has 0 saturated carbocycles. The van der Waals surface area contributed by atoms with Crippen molar-refractivity contribution in [3.05, 3.63) is 48.0 Å². The highest BCUT2D eigenvalue weighted by Crippen LogP contribution is 2.31. The van der Waals surface area contributed by atoms with E-state index in [1.54, 1.807) is 19.2 Å². The lowest BCUT2D eigenvalue weighted by molar-refractivity contribution is 0.101. The third-order valence-electron chi connectivity index (χ3n) is 4.21. The Hall–Kier alpha value is -3.21. The Bertz CT molecular complexity index is 1140. The van der Waals surface area contributed by atoms with Gasteiger partial charge in [-0.05, 0) is 49.4 Å².